The second-order valence-electron chi connectivity index (χ2n) is 4.14. The Kier molecular flexibility index (Phi) is 3.33. The van der Waals surface area contributed by atoms with Crippen molar-refractivity contribution in [3.8, 4) is 0 Å². The van der Waals surface area contributed by atoms with Crippen molar-refractivity contribution < 1.29 is 13.7 Å². The first-order valence-electron chi connectivity index (χ1n) is 5.43. The Morgan fingerprint density at radius 3 is 2.76 bits per heavy atom. The maximum atomic E-state index is 13.3. The molecule has 2 rings (SSSR count). The van der Waals surface area contributed by atoms with Gasteiger partial charge in [0.05, 0.1) is 4.92 Å². The van der Waals surface area contributed by atoms with Gasteiger partial charge in [0.25, 0.3) is 0 Å². The number of hydrogen-bond acceptors (Lipinski definition) is 3. The second kappa shape index (κ2) is 4.75. The molecule has 4 nitrogen and oxygen atoms in total. The number of piperidine rings is 1. The van der Waals surface area contributed by atoms with E-state index in [0.717, 1.165) is 31.5 Å². The lowest BCUT2D eigenvalue weighted by molar-refractivity contribution is -0.387. The minimum atomic E-state index is -1.39. The Labute approximate surface area is 96.8 Å². The smallest absolute Gasteiger partial charge is 0.308 e. The van der Waals surface area contributed by atoms with Gasteiger partial charge in [0, 0.05) is 12.6 Å². The quantitative estimate of drug-likeness (QED) is 0.639. The Morgan fingerprint density at radius 1 is 1.41 bits per heavy atom. The van der Waals surface area contributed by atoms with E-state index in [1.807, 2.05) is 0 Å². The van der Waals surface area contributed by atoms with Crippen LogP contribution < -0.4 is 5.32 Å². The molecule has 1 unspecified atom stereocenters. The molecule has 1 N–H and O–H groups in total. The first-order valence-corrected chi connectivity index (χ1v) is 5.43. The number of nitrogens with zero attached hydrogens (tertiary/aromatic N) is 1. The van der Waals surface area contributed by atoms with Crippen molar-refractivity contribution in [3.05, 3.63) is 39.4 Å². The van der Waals surface area contributed by atoms with E-state index in [1.165, 1.54) is 0 Å². The van der Waals surface area contributed by atoms with Gasteiger partial charge in [-0.15, -0.1) is 0 Å². The summed E-state index contributed by atoms with van der Waals surface area (Å²) in [5, 5.41) is 13.7. The maximum Gasteiger partial charge on any atom is 0.308 e. The molecule has 0 spiro atoms. The van der Waals surface area contributed by atoms with Crippen molar-refractivity contribution in [2.45, 2.75) is 18.8 Å². The van der Waals surface area contributed by atoms with E-state index in [0.29, 0.717) is 12.1 Å². The predicted octanol–water partition coefficient (Wildman–Crippen LogP) is 2.34. The highest BCUT2D eigenvalue weighted by Gasteiger charge is 2.24. The van der Waals surface area contributed by atoms with E-state index < -0.39 is 22.2 Å². The molecule has 1 atom stereocenters. The zero-order valence-corrected chi connectivity index (χ0v) is 9.08. The Balaban J connectivity index is 2.37. The van der Waals surface area contributed by atoms with Crippen molar-refractivity contribution in [2.75, 3.05) is 13.1 Å². The fourth-order valence-electron chi connectivity index (χ4n) is 2.10. The molecule has 1 fully saturated rings. The van der Waals surface area contributed by atoms with Crippen LogP contribution in [0.3, 0.4) is 0 Å². The molecule has 17 heavy (non-hydrogen) atoms. The molecule has 0 saturated carbocycles. The number of halogens is 2. The average molecular weight is 242 g/mol. The molecule has 1 aromatic carbocycles. The molecule has 0 aliphatic carbocycles. The minimum Gasteiger partial charge on any atom is -0.316 e. The van der Waals surface area contributed by atoms with Crippen LogP contribution in [0.1, 0.15) is 24.3 Å². The monoisotopic (exact) mass is 242 g/mol. The molecular weight excluding hydrogens is 230 g/mol. The summed E-state index contributed by atoms with van der Waals surface area (Å²) in [5.74, 6) is -2.53. The highest BCUT2D eigenvalue weighted by Crippen LogP contribution is 2.29. The Morgan fingerprint density at radius 2 is 2.18 bits per heavy atom. The van der Waals surface area contributed by atoms with Gasteiger partial charge in [-0.3, -0.25) is 10.1 Å². The highest BCUT2D eigenvalue weighted by molar-refractivity contribution is 5.39. The van der Waals surface area contributed by atoms with Crippen LogP contribution in [-0.4, -0.2) is 18.0 Å². The van der Waals surface area contributed by atoms with Crippen LogP contribution in [-0.2, 0) is 0 Å². The summed E-state index contributed by atoms with van der Waals surface area (Å²) >= 11 is 0. The number of nitro benzene ring substituents is 1. The summed E-state index contributed by atoms with van der Waals surface area (Å²) in [4.78, 5) is 9.70. The lowest BCUT2D eigenvalue weighted by Gasteiger charge is -2.23. The Hall–Kier alpha value is -1.56. The van der Waals surface area contributed by atoms with Crippen LogP contribution in [0.2, 0.25) is 0 Å². The van der Waals surface area contributed by atoms with E-state index in [4.69, 9.17) is 0 Å². The molecule has 0 bridgehead atoms. The SMILES string of the molecule is O=[N+]([O-])c1cc(C2CCCNC2)cc(F)c1F. The van der Waals surface area contributed by atoms with Crippen LogP contribution in [0.25, 0.3) is 0 Å². The molecule has 0 aromatic heterocycles. The molecule has 0 radical (unpaired) electrons. The summed E-state index contributed by atoms with van der Waals surface area (Å²) in [6.45, 7) is 1.53. The van der Waals surface area contributed by atoms with E-state index in [1.54, 1.807) is 0 Å². The minimum absolute atomic E-state index is 0.0116. The van der Waals surface area contributed by atoms with Crippen LogP contribution >= 0.6 is 0 Å². The van der Waals surface area contributed by atoms with Crippen LogP contribution in [0.4, 0.5) is 14.5 Å². The molecule has 1 aliphatic rings. The first-order chi connectivity index (χ1) is 8.09. The molecule has 92 valence electrons. The topological polar surface area (TPSA) is 55.2 Å². The van der Waals surface area contributed by atoms with Crippen molar-refractivity contribution in [1.29, 1.82) is 0 Å². The Bertz CT molecular complexity index is 445. The zero-order chi connectivity index (χ0) is 12.4. The normalized spacial score (nSPS) is 20.2. The fraction of sp³-hybridized carbons (Fsp3) is 0.455. The van der Waals surface area contributed by atoms with E-state index >= 15 is 0 Å². The van der Waals surface area contributed by atoms with Gasteiger partial charge in [0.2, 0.25) is 5.82 Å². The van der Waals surface area contributed by atoms with Crippen molar-refractivity contribution in [2.24, 2.45) is 0 Å². The van der Waals surface area contributed by atoms with Gasteiger partial charge in [-0.2, -0.15) is 4.39 Å². The number of nitro groups is 1. The molecule has 1 heterocycles. The van der Waals surface area contributed by atoms with Crippen LogP contribution in [0, 0.1) is 21.7 Å². The molecular formula is C11H12F2N2O2. The van der Waals surface area contributed by atoms with Crippen molar-refractivity contribution >= 4 is 5.69 Å². The number of benzene rings is 1. The van der Waals surface area contributed by atoms with Gasteiger partial charge in [-0.05, 0) is 36.9 Å². The number of nitrogens with one attached hydrogen (secondary N) is 1. The average Bonchev–Trinajstić information content (AvgIpc) is 2.33. The van der Waals surface area contributed by atoms with Crippen LogP contribution in [0.5, 0.6) is 0 Å². The van der Waals surface area contributed by atoms with Crippen molar-refractivity contribution in [1.82, 2.24) is 5.32 Å². The van der Waals surface area contributed by atoms with Gasteiger partial charge >= 0.3 is 5.69 Å². The standard InChI is InChI=1S/C11H12F2N2O2/c12-9-4-8(7-2-1-3-14-6-7)5-10(11(9)13)15(16)17/h4-5,7,14H,1-3,6H2. The van der Waals surface area contributed by atoms with Gasteiger partial charge in [-0.25, -0.2) is 4.39 Å². The third-order valence-electron chi connectivity index (χ3n) is 3.00. The van der Waals surface area contributed by atoms with Gasteiger partial charge in [-0.1, -0.05) is 0 Å². The van der Waals surface area contributed by atoms with Gasteiger partial charge in [0.1, 0.15) is 0 Å². The van der Waals surface area contributed by atoms with Gasteiger partial charge < -0.3 is 5.32 Å². The first kappa shape index (κ1) is 11.9. The molecule has 1 aromatic rings. The predicted molar refractivity (Wildman–Crippen MR) is 57.9 cm³/mol. The summed E-state index contributed by atoms with van der Waals surface area (Å²) in [6.07, 6.45) is 1.76. The molecule has 1 aliphatic heterocycles. The molecule has 1 saturated heterocycles. The lowest BCUT2D eigenvalue weighted by Crippen LogP contribution is -2.28. The molecule has 6 heteroatoms. The zero-order valence-electron chi connectivity index (χ0n) is 9.08. The molecule has 0 amide bonds. The summed E-state index contributed by atoms with van der Waals surface area (Å²) in [5.41, 5.74) is -0.298. The van der Waals surface area contributed by atoms with Gasteiger partial charge in [0.15, 0.2) is 5.82 Å². The number of hydrogen-bond donors (Lipinski definition) is 1. The van der Waals surface area contributed by atoms with E-state index in [-0.39, 0.29) is 5.92 Å². The third-order valence-corrected chi connectivity index (χ3v) is 3.00. The second-order valence-corrected chi connectivity index (χ2v) is 4.14. The summed E-state index contributed by atoms with van der Waals surface area (Å²) in [6, 6.07) is 2.19. The highest BCUT2D eigenvalue weighted by atomic mass is 19.2. The van der Waals surface area contributed by atoms with Crippen molar-refractivity contribution in [3.63, 3.8) is 0 Å². The van der Waals surface area contributed by atoms with E-state index in [2.05, 4.69) is 5.32 Å². The number of rotatable bonds is 2. The lowest BCUT2D eigenvalue weighted by atomic mass is 9.91. The summed E-state index contributed by atoms with van der Waals surface area (Å²) in [7, 11) is 0. The third kappa shape index (κ3) is 2.41. The summed E-state index contributed by atoms with van der Waals surface area (Å²) < 4.78 is 26.4. The van der Waals surface area contributed by atoms with Crippen LogP contribution in [0.15, 0.2) is 12.1 Å². The maximum absolute atomic E-state index is 13.3. The van der Waals surface area contributed by atoms with E-state index in [9.17, 15) is 18.9 Å². The fourth-order valence-corrected chi connectivity index (χ4v) is 2.10. The largest absolute Gasteiger partial charge is 0.316 e.